The summed E-state index contributed by atoms with van der Waals surface area (Å²) in [4.78, 5) is 36.1. The third-order valence-corrected chi connectivity index (χ3v) is 4.48. The molecule has 0 aliphatic carbocycles. The molecule has 0 spiro atoms. The van der Waals surface area contributed by atoms with E-state index in [1.807, 2.05) is 48.5 Å². The van der Waals surface area contributed by atoms with Crippen LogP contribution in [0.15, 0.2) is 60.7 Å². The van der Waals surface area contributed by atoms with Gasteiger partial charge in [-0.2, -0.15) is 0 Å². The van der Waals surface area contributed by atoms with Gasteiger partial charge in [-0.1, -0.05) is 61.4 Å². The van der Waals surface area contributed by atoms with Gasteiger partial charge in [0.1, 0.15) is 6.04 Å². The van der Waals surface area contributed by atoms with E-state index in [2.05, 4.69) is 16.0 Å². The third kappa shape index (κ3) is 8.74. The van der Waals surface area contributed by atoms with E-state index >= 15 is 0 Å². The average molecular weight is 412 g/mol. The van der Waals surface area contributed by atoms with Crippen molar-refractivity contribution in [3.63, 3.8) is 0 Å². The SMILES string of the molecule is O=C(CCCCC[C@H](NC(=O)NCc1ccccc1)C(=O)Nc1ccccc1)NO. The van der Waals surface area contributed by atoms with Gasteiger partial charge in [0.15, 0.2) is 0 Å². The fraction of sp³-hybridized carbons (Fsp3) is 0.318. The van der Waals surface area contributed by atoms with Gasteiger partial charge in [-0.15, -0.1) is 0 Å². The molecule has 4 amide bonds. The van der Waals surface area contributed by atoms with Gasteiger partial charge in [-0.25, -0.2) is 10.3 Å². The van der Waals surface area contributed by atoms with Gasteiger partial charge in [0.25, 0.3) is 0 Å². The number of urea groups is 1. The summed E-state index contributed by atoms with van der Waals surface area (Å²) in [7, 11) is 0. The summed E-state index contributed by atoms with van der Waals surface area (Å²) < 4.78 is 0. The first kappa shape index (κ1) is 22.9. The standard InChI is InChI=1S/C22H28N4O4/c27-20(26-30)15-9-3-8-14-19(21(28)24-18-12-6-2-7-13-18)25-22(29)23-16-17-10-4-1-5-11-17/h1-2,4-7,10-13,19,30H,3,8-9,14-16H2,(H,24,28)(H,26,27)(H2,23,25,29)/t19-/m0/s1. The molecule has 8 heteroatoms. The monoisotopic (exact) mass is 412 g/mol. The third-order valence-electron chi connectivity index (χ3n) is 4.48. The van der Waals surface area contributed by atoms with Crippen LogP contribution in [0.4, 0.5) is 10.5 Å². The molecular formula is C22H28N4O4. The van der Waals surface area contributed by atoms with Gasteiger partial charge in [0.05, 0.1) is 0 Å². The number of hydrogen-bond donors (Lipinski definition) is 5. The fourth-order valence-electron chi connectivity index (χ4n) is 2.87. The molecule has 0 heterocycles. The van der Waals surface area contributed by atoms with Crippen molar-refractivity contribution in [1.82, 2.24) is 16.1 Å². The van der Waals surface area contributed by atoms with Gasteiger partial charge in [-0.05, 0) is 30.5 Å². The maximum absolute atomic E-state index is 12.7. The summed E-state index contributed by atoms with van der Waals surface area (Å²) in [6, 6.07) is 17.4. The van der Waals surface area contributed by atoms with Gasteiger partial charge in [0, 0.05) is 18.7 Å². The molecule has 8 nitrogen and oxygen atoms in total. The predicted molar refractivity (Wildman–Crippen MR) is 114 cm³/mol. The Labute approximate surface area is 176 Å². The maximum Gasteiger partial charge on any atom is 0.315 e. The van der Waals surface area contributed by atoms with Crippen LogP contribution in [0.3, 0.4) is 0 Å². The molecular weight excluding hydrogens is 384 g/mol. The molecule has 1 atom stereocenters. The van der Waals surface area contributed by atoms with Crippen LogP contribution in [-0.4, -0.2) is 29.1 Å². The summed E-state index contributed by atoms with van der Waals surface area (Å²) in [5, 5.41) is 16.8. The van der Waals surface area contributed by atoms with Crippen molar-refractivity contribution >= 4 is 23.5 Å². The quantitative estimate of drug-likeness (QED) is 0.221. The van der Waals surface area contributed by atoms with E-state index in [0.29, 0.717) is 37.9 Å². The molecule has 0 fully saturated rings. The van der Waals surface area contributed by atoms with Gasteiger partial charge in [-0.3, -0.25) is 14.8 Å². The van der Waals surface area contributed by atoms with Crippen molar-refractivity contribution in [3.05, 3.63) is 66.2 Å². The Hall–Kier alpha value is -3.39. The van der Waals surface area contributed by atoms with Gasteiger partial charge >= 0.3 is 6.03 Å². The van der Waals surface area contributed by atoms with Crippen molar-refractivity contribution in [2.45, 2.75) is 44.7 Å². The summed E-state index contributed by atoms with van der Waals surface area (Å²) in [6.07, 6.45) is 2.56. The summed E-state index contributed by atoms with van der Waals surface area (Å²) in [5.41, 5.74) is 3.21. The van der Waals surface area contributed by atoms with Crippen LogP contribution in [0.25, 0.3) is 0 Å². The summed E-state index contributed by atoms with van der Waals surface area (Å²) in [5.74, 6) is -0.740. The number of carbonyl (C=O) groups is 3. The van der Waals surface area contributed by atoms with E-state index in [4.69, 9.17) is 5.21 Å². The van der Waals surface area contributed by atoms with Crippen molar-refractivity contribution in [1.29, 1.82) is 0 Å². The van der Waals surface area contributed by atoms with Crippen LogP contribution in [0.1, 0.15) is 37.7 Å². The second kappa shape index (κ2) is 12.9. The molecule has 0 bridgehead atoms. The van der Waals surface area contributed by atoms with E-state index in [9.17, 15) is 14.4 Å². The molecule has 0 unspecified atom stereocenters. The lowest BCUT2D eigenvalue weighted by Crippen LogP contribution is -2.47. The second-order valence-corrected chi connectivity index (χ2v) is 6.85. The van der Waals surface area contributed by atoms with Crippen LogP contribution in [-0.2, 0) is 16.1 Å². The highest BCUT2D eigenvalue weighted by Gasteiger charge is 2.20. The topological polar surface area (TPSA) is 120 Å². The largest absolute Gasteiger partial charge is 0.334 e. The molecule has 0 aromatic heterocycles. The molecule has 160 valence electrons. The van der Waals surface area contributed by atoms with Crippen molar-refractivity contribution in [2.24, 2.45) is 0 Å². The first-order valence-corrected chi connectivity index (χ1v) is 9.95. The highest BCUT2D eigenvalue weighted by Crippen LogP contribution is 2.10. The van der Waals surface area contributed by atoms with E-state index < -0.39 is 18.0 Å². The van der Waals surface area contributed by atoms with Crippen molar-refractivity contribution < 1.29 is 19.6 Å². The number of rotatable bonds is 11. The minimum absolute atomic E-state index is 0.211. The number of benzene rings is 2. The average Bonchev–Trinajstić information content (AvgIpc) is 2.77. The van der Waals surface area contributed by atoms with Crippen LogP contribution >= 0.6 is 0 Å². The number of hydroxylamine groups is 1. The van der Waals surface area contributed by atoms with E-state index in [-0.39, 0.29) is 12.3 Å². The summed E-state index contributed by atoms with van der Waals surface area (Å²) in [6.45, 7) is 0.357. The molecule has 0 saturated heterocycles. The van der Waals surface area contributed by atoms with E-state index in [1.165, 1.54) is 0 Å². The normalized spacial score (nSPS) is 11.2. The number of para-hydroxylation sites is 1. The smallest absolute Gasteiger partial charge is 0.315 e. The van der Waals surface area contributed by atoms with Crippen molar-refractivity contribution in [2.75, 3.05) is 5.32 Å². The zero-order chi connectivity index (χ0) is 21.6. The predicted octanol–water partition coefficient (Wildman–Crippen LogP) is 2.95. The number of anilines is 1. The molecule has 30 heavy (non-hydrogen) atoms. The zero-order valence-electron chi connectivity index (χ0n) is 16.8. The van der Waals surface area contributed by atoms with E-state index in [0.717, 1.165) is 5.56 Å². The molecule has 2 aromatic carbocycles. The Kier molecular flexibility index (Phi) is 9.88. The minimum Gasteiger partial charge on any atom is -0.334 e. The van der Waals surface area contributed by atoms with Gasteiger partial charge < -0.3 is 16.0 Å². The maximum atomic E-state index is 12.7. The van der Waals surface area contributed by atoms with E-state index in [1.54, 1.807) is 17.6 Å². The van der Waals surface area contributed by atoms with Gasteiger partial charge in [0.2, 0.25) is 11.8 Å². The molecule has 5 N–H and O–H groups in total. The Balaban J connectivity index is 1.87. The molecule has 0 aliphatic heterocycles. The Bertz CT molecular complexity index is 799. The first-order chi connectivity index (χ1) is 14.6. The molecule has 2 rings (SSSR count). The lowest BCUT2D eigenvalue weighted by Gasteiger charge is -2.19. The highest BCUT2D eigenvalue weighted by molar-refractivity contribution is 5.96. The number of carbonyl (C=O) groups excluding carboxylic acids is 3. The highest BCUT2D eigenvalue weighted by atomic mass is 16.5. The minimum atomic E-state index is -0.715. The van der Waals surface area contributed by atoms with Crippen LogP contribution < -0.4 is 21.4 Å². The van der Waals surface area contributed by atoms with Crippen LogP contribution in [0, 0.1) is 0 Å². The first-order valence-electron chi connectivity index (χ1n) is 9.95. The zero-order valence-corrected chi connectivity index (χ0v) is 16.8. The molecule has 0 radical (unpaired) electrons. The van der Waals surface area contributed by atoms with Crippen LogP contribution in [0.5, 0.6) is 0 Å². The van der Waals surface area contributed by atoms with Crippen molar-refractivity contribution in [3.8, 4) is 0 Å². The Morgan fingerprint density at radius 3 is 2.20 bits per heavy atom. The molecule has 0 aliphatic rings. The summed E-state index contributed by atoms with van der Waals surface area (Å²) >= 11 is 0. The number of nitrogens with one attached hydrogen (secondary N) is 4. The number of unbranched alkanes of at least 4 members (excludes halogenated alkanes) is 2. The van der Waals surface area contributed by atoms with Crippen LogP contribution in [0.2, 0.25) is 0 Å². The second-order valence-electron chi connectivity index (χ2n) is 6.85. The lowest BCUT2D eigenvalue weighted by atomic mass is 10.1. The number of hydrogen-bond acceptors (Lipinski definition) is 4. The Morgan fingerprint density at radius 2 is 1.53 bits per heavy atom. The lowest BCUT2D eigenvalue weighted by molar-refractivity contribution is -0.129. The number of amides is 4. The molecule has 0 saturated carbocycles. The Morgan fingerprint density at radius 1 is 0.867 bits per heavy atom. The fourth-order valence-corrected chi connectivity index (χ4v) is 2.87. The molecule has 2 aromatic rings.